The fraction of sp³-hybridized carbons (Fsp3) is 0.368. The van der Waals surface area contributed by atoms with Crippen molar-refractivity contribution in [1.82, 2.24) is 15.3 Å². The maximum atomic E-state index is 12.1. The second-order valence-corrected chi connectivity index (χ2v) is 6.06. The Morgan fingerprint density at radius 3 is 2.63 bits per heavy atom. The van der Waals surface area contributed by atoms with Gasteiger partial charge in [0.05, 0.1) is 18.4 Å². The molecule has 27 heavy (non-hydrogen) atoms. The van der Waals surface area contributed by atoms with E-state index in [0.717, 1.165) is 18.8 Å². The number of nitrogens with one attached hydrogen (secondary N) is 1. The molecule has 140 valence electrons. The lowest BCUT2D eigenvalue weighted by Crippen LogP contribution is -2.47. The summed E-state index contributed by atoms with van der Waals surface area (Å²) in [6.07, 6.45) is 1.50. The molecule has 1 aliphatic heterocycles. The molecule has 0 unspecified atom stereocenters. The SMILES string of the molecule is CCNC(=O)c1cnc(N2CCN(c3ccccc3C#N)CC2)nc1OC. The van der Waals surface area contributed by atoms with Gasteiger partial charge in [0, 0.05) is 38.9 Å². The van der Waals surface area contributed by atoms with Gasteiger partial charge in [0.15, 0.2) is 0 Å². The van der Waals surface area contributed by atoms with Gasteiger partial charge in [-0.1, -0.05) is 12.1 Å². The van der Waals surface area contributed by atoms with Crippen molar-refractivity contribution in [2.45, 2.75) is 6.92 Å². The number of carbonyl (C=O) groups excluding carboxylic acids is 1. The lowest BCUT2D eigenvalue weighted by molar-refractivity contribution is 0.0951. The maximum absolute atomic E-state index is 12.1. The number of rotatable bonds is 5. The predicted octanol–water partition coefficient (Wildman–Crippen LogP) is 1.43. The molecule has 8 heteroatoms. The van der Waals surface area contributed by atoms with Crippen molar-refractivity contribution in [3.8, 4) is 11.9 Å². The number of methoxy groups -OCH3 is 1. The molecule has 0 atom stereocenters. The smallest absolute Gasteiger partial charge is 0.258 e. The number of hydrogen-bond acceptors (Lipinski definition) is 7. The molecule has 0 aliphatic carbocycles. The predicted molar refractivity (Wildman–Crippen MR) is 102 cm³/mol. The standard InChI is InChI=1S/C19H22N6O2/c1-3-21-17(26)15-13-22-19(23-18(15)27-2)25-10-8-24(9-11-25)16-7-5-4-6-14(16)12-20/h4-7,13H,3,8-11H2,1-2H3,(H,21,26). The Bertz CT molecular complexity index is 856. The highest BCUT2D eigenvalue weighted by molar-refractivity contribution is 5.96. The molecule has 1 fully saturated rings. The lowest BCUT2D eigenvalue weighted by atomic mass is 10.1. The van der Waals surface area contributed by atoms with Crippen LogP contribution < -0.4 is 19.9 Å². The van der Waals surface area contributed by atoms with Crippen LogP contribution in [-0.2, 0) is 0 Å². The molecule has 1 saturated heterocycles. The number of amides is 1. The van der Waals surface area contributed by atoms with Crippen LogP contribution in [0.2, 0.25) is 0 Å². The monoisotopic (exact) mass is 366 g/mol. The fourth-order valence-corrected chi connectivity index (χ4v) is 3.07. The quantitative estimate of drug-likeness (QED) is 0.855. The molecule has 8 nitrogen and oxygen atoms in total. The first kappa shape index (κ1) is 18.5. The summed E-state index contributed by atoms with van der Waals surface area (Å²) in [7, 11) is 1.49. The van der Waals surface area contributed by atoms with Gasteiger partial charge in [0.2, 0.25) is 11.8 Å². The highest BCUT2D eigenvalue weighted by atomic mass is 16.5. The minimum absolute atomic E-state index is 0.251. The van der Waals surface area contributed by atoms with Gasteiger partial charge in [-0.2, -0.15) is 10.2 Å². The van der Waals surface area contributed by atoms with Crippen molar-refractivity contribution in [3.63, 3.8) is 0 Å². The van der Waals surface area contributed by atoms with Crippen LogP contribution in [0.5, 0.6) is 5.88 Å². The van der Waals surface area contributed by atoms with Crippen molar-refractivity contribution < 1.29 is 9.53 Å². The number of hydrogen-bond donors (Lipinski definition) is 1. The number of para-hydroxylation sites is 1. The summed E-state index contributed by atoms with van der Waals surface area (Å²) < 4.78 is 5.28. The van der Waals surface area contributed by atoms with Gasteiger partial charge in [0.1, 0.15) is 11.6 Å². The molecule has 1 aromatic heterocycles. The summed E-state index contributed by atoms with van der Waals surface area (Å²) in [6, 6.07) is 9.85. The molecule has 0 bridgehead atoms. The molecule has 2 aromatic rings. The maximum Gasteiger partial charge on any atom is 0.258 e. The van der Waals surface area contributed by atoms with Crippen LogP contribution >= 0.6 is 0 Å². The van der Waals surface area contributed by atoms with Crippen LogP contribution in [0, 0.1) is 11.3 Å². The van der Waals surface area contributed by atoms with E-state index in [9.17, 15) is 10.1 Å². The third kappa shape index (κ3) is 3.92. The molecule has 0 saturated carbocycles. The number of piperazine rings is 1. The molecule has 1 aliphatic rings. The molecule has 1 N–H and O–H groups in total. The fourth-order valence-electron chi connectivity index (χ4n) is 3.07. The molecular formula is C19H22N6O2. The number of benzene rings is 1. The van der Waals surface area contributed by atoms with E-state index in [1.807, 2.05) is 31.2 Å². The molecule has 1 aromatic carbocycles. The zero-order chi connectivity index (χ0) is 19.2. The number of ether oxygens (including phenoxy) is 1. The summed E-state index contributed by atoms with van der Waals surface area (Å²) in [6.45, 7) is 5.30. The van der Waals surface area contributed by atoms with E-state index in [-0.39, 0.29) is 11.8 Å². The van der Waals surface area contributed by atoms with E-state index in [2.05, 4.69) is 31.2 Å². The number of nitrogens with zero attached hydrogens (tertiary/aromatic N) is 5. The summed E-state index contributed by atoms with van der Waals surface area (Å²) in [4.78, 5) is 25.1. The largest absolute Gasteiger partial charge is 0.480 e. The molecular weight excluding hydrogens is 344 g/mol. The van der Waals surface area contributed by atoms with E-state index in [1.165, 1.54) is 13.3 Å². The van der Waals surface area contributed by atoms with Gasteiger partial charge in [-0.25, -0.2) is 4.98 Å². The van der Waals surface area contributed by atoms with E-state index < -0.39 is 0 Å². The Balaban J connectivity index is 1.73. The van der Waals surface area contributed by atoms with Crippen LogP contribution in [0.1, 0.15) is 22.8 Å². The lowest BCUT2D eigenvalue weighted by Gasteiger charge is -2.36. The Kier molecular flexibility index (Phi) is 5.71. The Hall–Kier alpha value is -3.34. The van der Waals surface area contributed by atoms with Crippen LogP contribution in [0.25, 0.3) is 0 Å². The Morgan fingerprint density at radius 1 is 1.26 bits per heavy atom. The Morgan fingerprint density at radius 2 is 1.96 bits per heavy atom. The number of aromatic nitrogens is 2. The van der Waals surface area contributed by atoms with Gasteiger partial charge < -0.3 is 19.9 Å². The minimum Gasteiger partial charge on any atom is -0.480 e. The van der Waals surface area contributed by atoms with Crippen LogP contribution in [0.4, 0.5) is 11.6 Å². The van der Waals surface area contributed by atoms with Gasteiger partial charge in [-0.3, -0.25) is 4.79 Å². The van der Waals surface area contributed by atoms with Crippen molar-refractivity contribution in [3.05, 3.63) is 41.6 Å². The van der Waals surface area contributed by atoms with Crippen LogP contribution in [0.15, 0.2) is 30.5 Å². The van der Waals surface area contributed by atoms with Gasteiger partial charge >= 0.3 is 0 Å². The second-order valence-electron chi connectivity index (χ2n) is 6.06. The zero-order valence-corrected chi connectivity index (χ0v) is 15.5. The van der Waals surface area contributed by atoms with Gasteiger partial charge in [0.25, 0.3) is 5.91 Å². The average Bonchev–Trinajstić information content (AvgIpc) is 2.73. The first-order chi connectivity index (χ1) is 13.2. The number of anilines is 2. The third-order valence-corrected chi connectivity index (χ3v) is 4.44. The molecule has 1 amide bonds. The van der Waals surface area contributed by atoms with Crippen molar-refractivity contribution in [2.75, 3.05) is 49.6 Å². The third-order valence-electron chi connectivity index (χ3n) is 4.44. The van der Waals surface area contributed by atoms with E-state index in [4.69, 9.17) is 4.74 Å². The van der Waals surface area contributed by atoms with Gasteiger partial charge in [-0.05, 0) is 19.1 Å². The van der Waals surface area contributed by atoms with Crippen molar-refractivity contribution >= 4 is 17.5 Å². The second kappa shape index (κ2) is 8.36. The van der Waals surface area contributed by atoms with Crippen LogP contribution in [0.3, 0.4) is 0 Å². The molecule has 3 rings (SSSR count). The topological polar surface area (TPSA) is 94.4 Å². The average molecular weight is 366 g/mol. The van der Waals surface area contributed by atoms with Crippen molar-refractivity contribution in [2.24, 2.45) is 0 Å². The molecule has 0 radical (unpaired) electrons. The van der Waals surface area contributed by atoms with Crippen LogP contribution in [-0.4, -0.2) is 55.7 Å². The van der Waals surface area contributed by atoms with Crippen molar-refractivity contribution in [1.29, 1.82) is 5.26 Å². The summed E-state index contributed by atoms with van der Waals surface area (Å²) in [5.41, 5.74) is 1.95. The Labute approximate surface area is 158 Å². The van der Waals surface area contributed by atoms with E-state index in [1.54, 1.807) is 0 Å². The molecule has 0 spiro atoms. The van der Waals surface area contributed by atoms with E-state index >= 15 is 0 Å². The normalized spacial score (nSPS) is 13.8. The summed E-state index contributed by atoms with van der Waals surface area (Å²) >= 11 is 0. The van der Waals surface area contributed by atoms with E-state index in [0.29, 0.717) is 36.7 Å². The van der Waals surface area contributed by atoms with Gasteiger partial charge in [-0.15, -0.1) is 0 Å². The summed E-state index contributed by atoms with van der Waals surface area (Å²) in [5, 5.41) is 12.0. The minimum atomic E-state index is -0.251. The molecule has 2 heterocycles. The summed E-state index contributed by atoms with van der Waals surface area (Å²) in [5.74, 6) is 0.551. The highest BCUT2D eigenvalue weighted by Gasteiger charge is 2.23. The highest BCUT2D eigenvalue weighted by Crippen LogP contribution is 2.23. The zero-order valence-electron chi connectivity index (χ0n) is 15.5. The first-order valence-electron chi connectivity index (χ1n) is 8.86. The first-order valence-corrected chi connectivity index (χ1v) is 8.86. The number of nitriles is 1. The number of carbonyl (C=O) groups is 1.